The lowest BCUT2D eigenvalue weighted by Gasteiger charge is -2.11. The fraction of sp³-hybridized carbons (Fsp3) is 0.200. The lowest BCUT2D eigenvalue weighted by molar-refractivity contribution is 1.03. The van der Waals surface area contributed by atoms with Crippen LogP contribution in [0.15, 0.2) is 12.7 Å². The Morgan fingerprint density at radius 3 is 1.60 bits per heavy atom. The van der Waals surface area contributed by atoms with Crippen molar-refractivity contribution in [3.63, 3.8) is 0 Å². The first kappa shape index (κ1) is 14.4. The minimum atomic E-state index is 0.210. The molecule has 2 aromatic rings. The summed E-state index contributed by atoms with van der Waals surface area (Å²) in [5.74, 6) is 0.945. The average Bonchev–Trinajstić information content (AvgIpc) is 2.43. The fourth-order valence-corrected chi connectivity index (χ4v) is 1.66. The van der Waals surface area contributed by atoms with E-state index in [4.69, 9.17) is 34.7 Å². The Morgan fingerprint density at radius 1 is 0.800 bits per heavy atom. The first-order chi connectivity index (χ1) is 9.59. The van der Waals surface area contributed by atoms with Crippen LogP contribution in [-0.2, 0) is 0 Å². The zero-order valence-electron chi connectivity index (χ0n) is 10.3. The summed E-state index contributed by atoms with van der Waals surface area (Å²) in [7, 11) is 0. The highest BCUT2D eigenvalue weighted by atomic mass is 35.5. The first-order valence-corrected chi connectivity index (χ1v) is 6.35. The molecule has 0 saturated carbocycles. The summed E-state index contributed by atoms with van der Waals surface area (Å²) >= 11 is 11.6. The molecule has 0 bridgehead atoms. The molecule has 6 N–H and O–H groups in total. The summed E-state index contributed by atoms with van der Waals surface area (Å²) in [6.45, 7) is 1.05. The number of rotatable bonds is 5. The van der Waals surface area contributed by atoms with Gasteiger partial charge in [0, 0.05) is 13.1 Å². The second kappa shape index (κ2) is 6.40. The molecule has 2 heterocycles. The van der Waals surface area contributed by atoms with Crippen LogP contribution in [0.1, 0.15) is 0 Å². The van der Waals surface area contributed by atoms with Crippen LogP contribution in [0, 0.1) is 0 Å². The molecule has 20 heavy (non-hydrogen) atoms. The van der Waals surface area contributed by atoms with Gasteiger partial charge in [-0.1, -0.05) is 23.2 Å². The van der Waals surface area contributed by atoms with Gasteiger partial charge >= 0.3 is 0 Å². The quantitative estimate of drug-likeness (QED) is 0.479. The predicted octanol–water partition coefficient (Wildman–Crippen LogP) is 1.26. The highest BCUT2D eigenvalue weighted by Gasteiger charge is 2.06. The van der Waals surface area contributed by atoms with Gasteiger partial charge in [0.15, 0.2) is 21.9 Å². The van der Waals surface area contributed by atoms with Gasteiger partial charge in [-0.2, -0.15) is 0 Å². The van der Waals surface area contributed by atoms with Crippen LogP contribution in [0.25, 0.3) is 0 Å². The van der Waals surface area contributed by atoms with Crippen LogP contribution in [-0.4, -0.2) is 33.0 Å². The molecule has 0 saturated heterocycles. The molecule has 2 aromatic heterocycles. The number of nitrogens with two attached hydrogens (primary N) is 2. The van der Waals surface area contributed by atoms with Crippen LogP contribution in [0.5, 0.6) is 0 Å². The molecule has 0 amide bonds. The number of nitrogens with one attached hydrogen (secondary N) is 2. The van der Waals surface area contributed by atoms with Crippen LogP contribution in [0.4, 0.5) is 23.0 Å². The summed E-state index contributed by atoms with van der Waals surface area (Å²) in [5, 5.41) is 6.46. The van der Waals surface area contributed by atoms with E-state index in [9.17, 15) is 0 Å². The zero-order chi connectivity index (χ0) is 14.5. The molecule has 0 fully saturated rings. The van der Waals surface area contributed by atoms with Crippen LogP contribution >= 0.6 is 23.2 Å². The molecule has 8 nitrogen and oxygen atoms in total. The van der Waals surface area contributed by atoms with Crippen molar-refractivity contribution >= 4 is 46.2 Å². The molecule has 0 atom stereocenters. The molecular formula is C10H12Cl2N8. The number of halogens is 2. The third-order valence-corrected chi connectivity index (χ3v) is 2.98. The molecule has 0 aliphatic rings. The third kappa shape index (κ3) is 3.28. The number of anilines is 4. The Morgan fingerprint density at radius 2 is 1.20 bits per heavy atom. The van der Waals surface area contributed by atoms with Gasteiger partial charge in [-0.15, -0.1) is 0 Å². The normalized spacial score (nSPS) is 10.3. The van der Waals surface area contributed by atoms with Gasteiger partial charge in [0.1, 0.15) is 24.0 Å². The smallest absolute Gasteiger partial charge is 0.157 e. The van der Waals surface area contributed by atoms with Crippen LogP contribution in [0.3, 0.4) is 0 Å². The molecule has 0 aliphatic heterocycles. The molecule has 0 aromatic carbocycles. The monoisotopic (exact) mass is 314 g/mol. The van der Waals surface area contributed by atoms with E-state index in [0.717, 1.165) is 0 Å². The van der Waals surface area contributed by atoms with E-state index < -0.39 is 0 Å². The van der Waals surface area contributed by atoms with E-state index >= 15 is 0 Å². The lowest BCUT2D eigenvalue weighted by Crippen LogP contribution is -2.17. The number of nitrogen functional groups attached to an aromatic ring is 2. The predicted molar refractivity (Wildman–Crippen MR) is 79.9 cm³/mol. The maximum Gasteiger partial charge on any atom is 0.157 e. The minimum absolute atomic E-state index is 0.210. The number of nitrogens with zero attached hydrogens (tertiary/aromatic N) is 4. The van der Waals surface area contributed by atoms with E-state index in [-0.39, 0.29) is 10.3 Å². The van der Waals surface area contributed by atoms with Gasteiger partial charge in [-0.3, -0.25) is 0 Å². The van der Waals surface area contributed by atoms with E-state index in [0.29, 0.717) is 36.1 Å². The van der Waals surface area contributed by atoms with E-state index in [1.165, 1.54) is 12.7 Å². The van der Waals surface area contributed by atoms with Crippen molar-refractivity contribution in [2.24, 2.45) is 0 Å². The second-order valence-electron chi connectivity index (χ2n) is 3.71. The van der Waals surface area contributed by atoms with Crippen molar-refractivity contribution in [2.45, 2.75) is 0 Å². The Balaban J connectivity index is 1.88. The third-order valence-electron chi connectivity index (χ3n) is 2.38. The molecule has 0 radical (unpaired) electrons. The van der Waals surface area contributed by atoms with Crippen LogP contribution < -0.4 is 22.1 Å². The van der Waals surface area contributed by atoms with Gasteiger partial charge in [0.25, 0.3) is 0 Å². The number of hydrogen-bond acceptors (Lipinski definition) is 8. The minimum Gasteiger partial charge on any atom is -0.393 e. The summed E-state index contributed by atoms with van der Waals surface area (Å²) in [6.07, 6.45) is 2.66. The van der Waals surface area contributed by atoms with Crippen molar-refractivity contribution in [3.8, 4) is 0 Å². The Labute approximate surface area is 124 Å². The second-order valence-corrected chi connectivity index (χ2v) is 4.42. The van der Waals surface area contributed by atoms with Crippen molar-refractivity contribution in [3.05, 3.63) is 23.0 Å². The maximum atomic E-state index is 5.78. The SMILES string of the molecule is Nc1c(Cl)ncnc1NCCNc1ncnc(Cl)c1N. The van der Waals surface area contributed by atoms with E-state index in [2.05, 4.69) is 30.6 Å². The Kier molecular flexibility index (Phi) is 4.59. The summed E-state index contributed by atoms with van der Waals surface area (Å²) in [5.41, 5.74) is 12.1. The molecule has 0 unspecified atom stereocenters. The van der Waals surface area contributed by atoms with E-state index in [1.807, 2.05) is 0 Å². The van der Waals surface area contributed by atoms with Gasteiger partial charge in [0.05, 0.1) is 0 Å². The van der Waals surface area contributed by atoms with Gasteiger partial charge in [-0.25, -0.2) is 19.9 Å². The fourth-order valence-electron chi connectivity index (χ4n) is 1.39. The van der Waals surface area contributed by atoms with E-state index in [1.54, 1.807) is 0 Å². The Hall–Kier alpha value is -2.06. The standard InChI is InChI=1S/C10H12Cl2N8/c11-7-5(13)9(19-3-17-7)15-1-2-16-10-6(14)8(12)18-4-20-10/h3-4H,1-2,13-14H2,(H,15,17,19)(H,16,18,20). The maximum absolute atomic E-state index is 5.78. The lowest BCUT2D eigenvalue weighted by atomic mass is 10.4. The average molecular weight is 315 g/mol. The summed E-state index contributed by atoms with van der Waals surface area (Å²) < 4.78 is 0. The molecular weight excluding hydrogens is 303 g/mol. The van der Waals surface area contributed by atoms with Gasteiger partial charge < -0.3 is 22.1 Å². The number of aromatic nitrogens is 4. The highest BCUT2D eigenvalue weighted by Crippen LogP contribution is 2.22. The summed E-state index contributed by atoms with van der Waals surface area (Å²) in [4.78, 5) is 15.5. The van der Waals surface area contributed by atoms with Crippen molar-refractivity contribution in [2.75, 3.05) is 35.2 Å². The zero-order valence-corrected chi connectivity index (χ0v) is 11.8. The molecule has 2 rings (SSSR count). The molecule has 10 heteroatoms. The van der Waals surface area contributed by atoms with Crippen molar-refractivity contribution < 1.29 is 0 Å². The van der Waals surface area contributed by atoms with Crippen LogP contribution in [0.2, 0.25) is 10.3 Å². The molecule has 0 spiro atoms. The van der Waals surface area contributed by atoms with Crippen molar-refractivity contribution in [1.29, 1.82) is 0 Å². The van der Waals surface area contributed by atoms with Crippen molar-refractivity contribution in [1.82, 2.24) is 19.9 Å². The summed E-state index contributed by atoms with van der Waals surface area (Å²) in [6, 6.07) is 0. The number of hydrogen-bond donors (Lipinski definition) is 4. The van der Waals surface area contributed by atoms with Gasteiger partial charge in [-0.05, 0) is 0 Å². The topological polar surface area (TPSA) is 128 Å². The highest BCUT2D eigenvalue weighted by molar-refractivity contribution is 6.32. The van der Waals surface area contributed by atoms with Gasteiger partial charge in [0.2, 0.25) is 0 Å². The molecule has 0 aliphatic carbocycles. The largest absolute Gasteiger partial charge is 0.393 e. The molecule has 106 valence electrons. The Bertz CT molecular complexity index is 552. The first-order valence-electron chi connectivity index (χ1n) is 5.59.